The lowest BCUT2D eigenvalue weighted by molar-refractivity contribution is 0.0628. The van der Waals surface area contributed by atoms with Gasteiger partial charge in [-0.25, -0.2) is 4.98 Å². The second-order valence-corrected chi connectivity index (χ2v) is 8.09. The lowest BCUT2D eigenvalue weighted by Crippen LogP contribution is -2.48. The predicted molar refractivity (Wildman–Crippen MR) is 123 cm³/mol. The summed E-state index contributed by atoms with van der Waals surface area (Å²) in [5.41, 5.74) is 4.98. The molecule has 4 aromatic rings. The molecule has 156 valence electrons. The second kappa shape index (κ2) is 8.36. The van der Waals surface area contributed by atoms with Gasteiger partial charge in [0.1, 0.15) is 5.82 Å². The third-order valence-electron chi connectivity index (χ3n) is 5.99. The Morgan fingerprint density at radius 1 is 0.871 bits per heavy atom. The van der Waals surface area contributed by atoms with Crippen molar-refractivity contribution < 1.29 is 4.79 Å². The Bertz CT molecular complexity index is 1190. The van der Waals surface area contributed by atoms with Crippen LogP contribution in [0.25, 0.3) is 16.7 Å². The van der Waals surface area contributed by atoms with E-state index in [9.17, 15) is 4.79 Å². The van der Waals surface area contributed by atoms with E-state index in [4.69, 9.17) is 4.98 Å². The van der Waals surface area contributed by atoms with Crippen LogP contribution in [0, 0.1) is 6.92 Å². The average molecular weight is 411 g/mol. The van der Waals surface area contributed by atoms with Crippen LogP contribution in [0.4, 0.5) is 0 Å². The summed E-state index contributed by atoms with van der Waals surface area (Å²) in [5, 5.41) is 0. The van der Waals surface area contributed by atoms with Crippen molar-refractivity contribution in [2.75, 3.05) is 26.2 Å². The van der Waals surface area contributed by atoms with Crippen LogP contribution in [0.1, 0.15) is 21.7 Å². The normalized spacial score (nSPS) is 14.8. The summed E-state index contributed by atoms with van der Waals surface area (Å²) >= 11 is 0. The molecule has 2 heterocycles. The molecule has 3 aromatic carbocycles. The number of carbonyl (C=O) groups is 1. The highest BCUT2D eigenvalue weighted by molar-refractivity contribution is 5.97. The van der Waals surface area contributed by atoms with Crippen LogP contribution in [0.3, 0.4) is 0 Å². The van der Waals surface area contributed by atoms with Crippen molar-refractivity contribution in [3.8, 4) is 5.69 Å². The van der Waals surface area contributed by atoms with E-state index in [-0.39, 0.29) is 5.91 Å². The van der Waals surface area contributed by atoms with Gasteiger partial charge in [0.15, 0.2) is 0 Å². The SMILES string of the molecule is Cc1nc2cc(C(=O)N3CCN(Cc4ccccc4)CC3)ccc2n1-c1ccccc1. The fourth-order valence-corrected chi connectivity index (χ4v) is 4.37. The summed E-state index contributed by atoms with van der Waals surface area (Å²) in [6, 6.07) is 26.6. The summed E-state index contributed by atoms with van der Waals surface area (Å²) < 4.78 is 2.13. The minimum atomic E-state index is 0.0909. The molecule has 0 atom stereocenters. The molecule has 1 aromatic heterocycles. The molecule has 1 aliphatic heterocycles. The smallest absolute Gasteiger partial charge is 0.254 e. The molecule has 0 radical (unpaired) electrons. The molecule has 5 nitrogen and oxygen atoms in total. The van der Waals surface area contributed by atoms with E-state index in [2.05, 4.69) is 45.9 Å². The molecule has 0 spiro atoms. The number of imidazole rings is 1. The largest absolute Gasteiger partial charge is 0.336 e. The number of carbonyl (C=O) groups excluding carboxylic acids is 1. The quantitative estimate of drug-likeness (QED) is 0.504. The van der Waals surface area contributed by atoms with Crippen LogP contribution in [0.15, 0.2) is 78.9 Å². The minimum Gasteiger partial charge on any atom is -0.336 e. The predicted octanol–water partition coefficient (Wildman–Crippen LogP) is 4.29. The number of aryl methyl sites for hydroxylation is 1. The Hall–Kier alpha value is -3.44. The second-order valence-electron chi connectivity index (χ2n) is 8.09. The first-order valence-corrected chi connectivity index (χ1v) is 10.8. The number of fused-ring (bicyclic) bond motifs is 1. The molecule has 0 unspecified atom stereocenters. The number of para-hydroxylation sites is 1. The maximum absolute atomic E-state index is 13.1. The van der Waals surface area contributed by atoms with E-state index in [0.717, 1.165) is 55.3 Å². The van der Waals surface area contributed by atoms with Gasteiger partial charge in [0.25, 0.3) is 5.91 Å². The van der Waals surface area contributed by atoms with Gasteiger partial charge in [-0.3, -0.25) is 14.3 Å². The zero-order valence-corrected chi connectivity index (χ0v) is 17.7. The number of rotatable bonds is 4. The van der Waals surface area contributed by atoms with Gasteiger partial charge in [-0.1, -0.05) is 48.5 Å². The maximum atomic E-state index is 13.1. The molecule has 0 bridgehead atoms. The van der Waals surface area contributed by atoms with E-state index in [1.165, 1.54) is 5.56 Å². The minimum absolute atomic E-state index is 0.0909. The Kier molecular flexibility index (Phi) is 5.26. The molecule has 5 heteroatoms. The monoisotopic (exact) mass is 410 g/mol. The van der Waals surface area contributed by atoms with Crippen LogP contribution in [-0.4, -0.2) is 51.4 Å². The number of hydrogen-bond acceptors (Lipinski definition) is 3. The fourth-order valence-electron chi connectivity index (χ4n) is 4.37. The summed E-state index contributed by atoms with van der Waals surface area (Å²) in [7, 11) is 0. The van der Waals surface area contributed by atoms with Crippen molar-refractivity contribution in [2.45, 2.75) is 13.5 Å². The first kappa shape index (κ1) is 19.5. The molecule has 0 N–H and O–H groups in total. The van der Waals surface area contributed by atoms with Crippen molar-refractivity contribution in [1.82, 2.24) is 19.4 Å². The zero-order valence-electron chi connectivity index (χ0n) is 17.7. The van der Waals surface area contributed by atoms with Gasteiger partial charge in [-0.05, 0) is 42.8 Å². The highest BCUT2D eigenvalue weighted by Crippen LogP contribution is 2.23. The van der Waals surface area contributed by atoms with Crippen molar-refractivity contribution in [2.24, 2.45) is 0 Å². The molecule has 1 fully saturated rings. The van der Waals surface area contributed by atoms with Crippen LogP contribution >= 0.6 is 0 Å². The van der Waals surface area contributed by atoms with Crippen LogP contribution in [0.2, 0.25) is 0 Å². The number of piperazine rings is 1. The number of amides is 1. The van der Waals surface area contributed by atoms with Gasteiger partial charge in [0.05, 0.1) is 11.0 Å². The number of hydrogen-bond donors (Lipinski definition) is 0. The maximum Gasteiger partial charge on any atom is 0.254 e. The van der Waals surface area contributed by atoms with Crippen molar-refractivity contribution in [3.05, 3.63) is 95.8 Å². The fraction of sp³-hybridized carbons (Fsp3) is 0.231. The van der Waals surface area contributed by atoms with Gasteiger partial charge in [-0.15, -0.1) is 0 Å². The van der Waals surface area contributed by atoms with Crippen LogP contribution < -0.4 is 0 Å². The average Bonchev–Trinajstić information content (AvgIpc) is 3.15. The standard InChI is InChI=1S/C26H26N4O/c1-20-27-24-18-22(12-13-25(24)30(20)23-10-6-3-7-11-23)26(31)29-16-14-28(15-17-29)19-21-8-4-2-5-9-21/h2-13,18H,14-17,19H2,1H3. The molecule has 0 saturated carbocycles. The molecule has 5 rings (SSSR count). The Labute approximate surface area is 182 Å². The van der Waals surface area contributed by atoms with Crippen molar-refractivity contribution in [1.29, 1.82) is 0 Å². The molecular weight excluding hydrogens is 384 g/mol. The molecule has 1 saturated heterocycles. The van der Waals surface area contributed by atoms with Crippen molar-refractivity contribution in [3.63, 3.8) is 0 Å². The van der Waals surface area contributed by atoms with Gasteiger partial charge in [0, 0.05) is 44.0 Å². The first-order valence-electron chi connectivity index (χ1n) is 10.8. The summed E-state index contributed by atoms with van der Waals surface area (Å²) in [5.74, 6) is 1.01. The number of aromatic nitrogens is 2. The van der Waals surface area contributed by atoms with E-state index in [1.54, 1.807) is 0 Å². The number of benzene rings is 3. The van der Waals surface area contributed by atoms with Crippen LogP contribution in [-0.2, 0) is 6.54 Å². The molecule has 1 amide bonds. The molecule has 0 aliphatic carbocycles. The Morgan fingerprint density at radius 3 is 2.26 bits per heavy atom. The highest BCUT2D eigenvalue weighted by Gasteiger charge is 2.23. The lowest BCUT2D eigenvalue weighted by atomic mass is 10.1. The molecule has 31 heavy (non-hydrogen) atoms. The van der Waals surface area contributed by atoms with E-state index < -0.39 is 0 Å². The van der Waals surface area contributed by atoms with E-state index >= 15 is 0 Å². The molecule has 1 aliphatic rings. The van der Waals surface area contributed by atoms with Gasteiger partial charge >= 0.3 is 0 Å². The third-order valence-corrected chi connectivity index (χ3v) is 5.99. The summed E-state index contributed by atoms with van der Waals surface area (Å²) in [6.45, 7) is 6.23. The summed E-state index contributed by atoms with van der Waals surface area (Å²) in [6.07, 6.45) is 0. The first-order chi connectivity index (χ1) is 15.2. The van der Waals surface area contributed by atoms with Gasteiger partial charge in [0.2, 0.25) is 0 Å². The van der Waals surface area contributed by atoms with Gasteiger partial charge in [-0.2, -0.15) is 0 Å². The topological polar surface area (TPSA) is 41.4 Å². The highest BCUT2D eigenvalue weighted by atomic mass is 16.2. The van der Waals surface area contributed by atoms with E-state index in [1.807, 2.05) is 54.3 Å². The van der Waals surface area contributed by atoms with E-state index in [0.29, 0.717) is 5.56 Å². The summed E-state index contributed by atoms with van der Waals surface area (Å²) in [4.78, 5) is 22.2. The van der Waals surface area contributed by atoms with Gasteiger partial charge < -0.3 is 4.90 Å². The lowest BCUT2D eigenvalue weighted by Gasteiger charge is -2.34. The van der Waals surface area contributed by atoms with Crippen LogP contribution in [0.5, 0.6) is 0 Å². The Morgan fingerprint density at radius 2 is 1.55 bits per heavy atom. The zero-order chi connectivity index (χ0) is 21.2. The van der Waals surface area contributed by atoms with Crippen molar-refractivity contribution >= 4 is 16.9 Å². The Balaban J connectivity index is 1.30. The molecular formula is C26H26N4O. The third kappa shape index (κ3) is 3.97. The number of nitrogens with zero attached hydrogens (tertiary/aromatic N) is 4.